The molecule has 1 aromatic heterocycles. The summed E-state index contributed by atoms with van der Waals surface area (Å²) < 4.78 is 0. The lowest BCUT2D eigenvalue weighted by Crippen LogP contribution is -2.31. The minimum atomic E-state index is 0.181. The van der Waals surface area contributed by atoms with Gasteiger partial charge in [-0.1, -0.05) is 11.8 Å². The van der Waals surface area contributed by atoms with Crippen molar-refractivity contribution in [2.24, 2.45) is 5.73 Å². The summed E-state index contributed by atoms with van der Waals surface area (Å²) in [7, 11) is 2.01. The summed E-state index contributed by atoms with van der Waals surface area (Å²) >= 11 is 1.69. The van der Waals surface area contributed by atoms with Crippen molar-refractivity contribution in [2.45, 2.75) is 19.5 Å². The van der Waals surface area contributed by atoms with Crippen molar-refractivity contribution in [1.29, 1.82) is 0 Å². The maximum Gasteiger partial charge on any atom is 0.0584 e. The number of hydrogen-bond donors (Lipinski definition) is 2. The van der Waals surface area contributed by atoms with Gasteiger partial charge in [-0.05, 0) is 20.0 Å². The van der Waals surface area contributed by atoms with Crippen molar-refractivity contribution in [3.05, 3.63) is 21.9 Å². The van der Waals surface area contributed by atoms with Crippen LogP contribution in [0, 0.1) is 11.8 Å². The van der Waals surface area contributed by atoms with Crippen LogP contribution in [0.15, 0.2) is 11.4 Å². The second-order valence-corrected chi connectivity index (χ2v) is 4.75. The molecule has 1 heterocycles. The molecule has 1 rings (SSSR count). The van der Waals surface area contributed by atoms with E-state index in [1.807, 2.05) is 19.4 Å². The van der Waals surface area contributed by atoms with E-state index in [0.717, 1.165) is 12.1 Å². The van der Waals surface area contributed by atoms with Crippen molar-refractivity contribution in [3.63, 3.8) is 0 Å². The Kier molecular flexibility index (Phi) is 5.50. The fourth-order valence-corrected chi connectivity index (χ4v) is 2.10. The van der Waals surface area contributed by atoms with Crippen LogP contribution in [-0.4, -0.2) is 36.2 Å². The summed E-state index contributed by atoms with van der Waals surface area (Å²) in [5, 5.41) is 11.1. The van der Waals surface area contributed by atoms with Gasteiger partial charge in [-0.3, -0.25) is 4.90 Å². The predicted molar refractivity (Wildman–Crippen MR) is 68.3 cm³/mol. The molecule has 0 saturated carbocycles. The van der Waals surface area contributed by atoms with Gasteiger partial charge in [-0.25, -0.2) is 0 Å². The lowest BCUT2D eigenvalue weighted by molar-refractivity contribution is 0.155. The first-order chi connectivity index (χ1) is 7.67. The molecule has 1 aromatic rings. The molecular weight excluding hydrogens is 220 g/mol. The van der Waals surface area contributed by atoms with Crippen molar-refractivity contribution in [3.8, 4) is 11.8 Å². The highest BCUT2D eigenvalue weighted by molar-refractivity contribution is 7.10. The molecule has 0 radical (unpaired) electrons. The smallest absolute Gasteiger partial charge is 0.0584 e. The number of hydrogen-bond acceptors (Lipinski definition) is 4. The average Bonchev–Trinajstić information content (AvgIpc) is 2.72. The lowest BCUT2D eigenvalue weighted by Gasteiger charge is -2.21. The van der Waals surface area contributed by atoms with Gasteiger partial charge < -0.3 is 10.8 Å². The van der Waals surface area contributed by atoms with Crippen LogP contribution in [0.5, 0.6) is 0 Å². The molecule has 1 atom stereocenters. The molecule has 4 heteroatoms. The zero-order valence-corrected chi connectivity index (χ0v) is 10.5. The first kappa shape index (κ1) is 13.2. The average molecular weight is 238 g/mol. The maximum atomic E-state index is 9.03. The number of thiophene rings is 1. The van der Waals surface area contributed by atoms with Gasteiger partial charge in [0.25, 0.3) is 0 Å². The summed E-state index contributed by atoms with van der Waals surface area (Å²) in [4.78, 5) is 3.37. The summed E-state index contributed by atoms with van der Waals surface area (Å²) in [6, 6.07) is 2.26. The molecular formula is C12H18N2OS. The Bertz CT molecular complexity index is 378. The van der Waals surface area contributed by atoms with Crippen LogP contribution in [-0.2, 0) is 6.54 Å². The van der Waals surface area contributed by atoms with Gasteiger partial charge in [-0.2, -0.15) is 0 Å². The minimum absolute atomic E-state index is 0.181. The predicted octanol–water partition coefficient (Wildman–Crippen LogP) is 0.871. The Morgan fingerprint density at radius 1 is 1.62 bits per heavy atom. The van der Waals surface area contributed by atoms with Crippen molar-refractivity contribution in [1.82, 2.24) is 4.90 Å². The standard InChI is InChI=1S/C12H18N2OS/c1-10(8-15)14(2)7-12-6-11(9-16-12)4-3-5-13/h6,9-10,15H,5,7-8,13H2,1-2H3. The number of nitrogens with two attached hydrogens (primary N) is 1. The van der Waals surface area contributed by atoms with E-state index in [1.165, 1.54) is 4.88 Å². The Hall–Kier alpha value is -0.860. The van der Waals surface area contributed by atoms with Crippen LogP contribution in [0.1, 0.15) is 17.4 Å². The van der Waals surface area contributed by atoms with Crippen LogP contribution in [0.2, 0.25) is 0 Å². The second kappa shape index (κ2) is 6.66. The van der Waals surface area contributed by atoms with Crippen molar-refractivity contribution < 1.29 is 5.11 Å². The maximum absolute atomic E-state index is 9.03. The minimum Gasteiger partial charge on any atom is -0.395 e. The first-order valence-electron chi connectivity index (χ1n) is 5.24. The molecule has 0 bridgehead atoms. The molecule has 0 aliphatic carbocycles. The molecule has 1 unspecified atom stereocenters. The van der Waals surface area contributed by atoms with Crippen LogP contribution >= 0.6 is 11.3 Å². The van der Waals surface area contributed by atoms with Crippen LogP contribution in [0.25, 0.3) is 0 Å². The molecule has 0 fully saturated rings. The number of aliphatic hydroxyl groups is 1. The third-order valence-corrected chi connectivity index (χ3v) is 3.33. The molecule has 0 amide bonds. The summed E-state index contributed by atoms with van der Waals surface area (Å²) in [6.07, 6.45) is 0. The summed E-state index contributed by atoms with van der Waals surface area (Å²) in [5.74, 6) is 5.84. The van der Waals surface area contributed by atoms with E-state index in [9.17, 15) is 0 Å². The normalized spacial score (nSPS) is 12.3. The van der Waals surface area contributed by atoms with Gasteiger partial charge in [-0.15, -0.1) is 11.3 Å². The number of nitrogens with zero attached hydrogens (tertiary/aromatic N) is 1. The molecule has 0 aromatic carbocycles. The molecule has 88 valence electrons. The third-order valence-electron chi connectivity index (χ3n) is 2.41. The van der Waals surface area contributed by atoms with E-state index in [-0.39, 0.29) is 12.6 Å². The van der Waals surface area contributed by atoms with Crippen molar-refractivity contribution >= 4 is 11.3 Å². The van der Waals surface area contributed by atoms with Gasteiger partial charge >= 0.3 is 0 Å². The molecule has 0 saturated heterocycles. The molecule has 3 N–H and O–H groups in total. The van der Waals surface area contributed by atoms with Gasteiger partial charge in [0, 0.05) is 28.4 Å². The van der Waals surface area contributed by atoms with Crippen molar-refractivity contribution in [2.75, 3.05) is 20.2 Å². The van der Waals surface area contributed by atoms with Crippen LogP contribution in [0.3, 0.4) is 0 Å². The van der Waals surface area contributed by atoms with Gasteiger partial charge in [0.2, 0.25) is 0 Å². The Morgan fingerprint density at radius 3 is 3.00 bits per heavy atom. The molecule has 16 heavy (non-hydrogen) atoms. The number of aliphatic hydroxyl groups excluding tert-OH is 1. The van der Waals surface area contributed by atoms with Crippen LogP contribution in [0.4, 0.5) is 0 Å². The third kappa shape index (κ3) is 3.95. The largest absolute Gasteiger partial charge is 0.395 e. The first-order valence-corrected chi connectivity index (χ1v) is 6.12. The fourth-order valence-electron chi connectivity index (χ4n) is 1.22. The number of likely N-dealkylation sites (N-methyl/N-ethyl adjacent to an activating group) is 1. The highest BCUT2D eigenvalue weighted by Gasteiger charge is 2.09. The highest BCUT2D eigenvalue weighted by Crippen LogP contribution is 2.16. The Balaban J connectivity index is 2.58. The summed E-state index contributed by atoms with van der Waals surface area (Å²) in [6.45, 7) is 3.42. The monoisotopic (exact) mass is 238 g/mol. The second-order valence-electron chi connectivity index (χ2n) is 3.75. The van der Waals surface area contributed by atoms with E-state index in [0.29, 0.717) is 6.54 Å². The number of rotatable bonds is 4. The van der Waals surface area contributed by atoms with E-state index in [2.05, 4.69) is 22.8 Å². The van der Waals surface area contributed by atoms with E-state index in [1.54, 1.807) is 11.3 Å². The topological polar surface area (TPSA) is 49.5 Å². The zero-order valence-electron chi connectivity index (χ0n) is 9.73. The van der Waals surface area contributed by atoms with Gasteiger partial charge in [0.05, 0.1) is 13.2 Å². The Labute approximate surface area is 101 Å². The van der Waals surface area contributed by atoms with E-state index >= 15 is 0 Å². The molecule has 0 aliphatic rings. The zero-order chi connectivity index (χ0) is 12.0. The molecule has 3 nitrogen and oxygen atoms in total. The van der Waals surface area contributed by atoms with E-state index in [4.69, 9.17) is 10.8 Å². The SMILES string of the molecule is CC(CO)N(C)Cc1cc(C#CCN)cs1. The van der Waals surface area contributed by atoms with Gasteiger partial charge in [0.1, 0.15) is 0 Å². The Morgan fingerprint density at radius 2 is 2.38 bits per heavy atom. The molecule has 0 aliphatic heterocycles. The fraction of sp³-hybridized carbons (Fsp3) is 0.500. The molecule has 0 spiro atoms. The quantitative estimate of drug-likeness (QED) is 0.765. The highest BCUT2D eigenvalue weighted by atomic mass is 32.1. The van der Waals surface area contributed by atoms with Gasteiger partial charge in [0.15, 0.2) is 0 Å². The lowest BCUT2D eigenvalue weighted by atomic mass is 10.2. The summed E-state index contributed by atoms with van der Waals surface area (Å²) in [5.41, 5.74) is 6.34. The van der Waals surface area contributed by atoms with E-state index < -0.39 is 0 Å². The van der Waals surface area contributed by atoms with Crippen LogP contribution < -0.4 is 5.73 Å².